The van der Waals surface area contributed by atoms with Crippen LogP contribution in [0.3, 0.4) is 0 Å². The number of aliphatic hydroxyl groups is 1. The monoisotopic (exact) mass is 295 g/mol. The zero-order chi connectivity index (χ0) is 14.2. The summed E-state index contributed by atoms with van der Waals surface area (Å²) in [5.41, 5.74) is -0.702. The zero-order valence-electron chi connectivity index (χ0n) is 11.9. The summed E-state index contributed by atoms with van der Waals surface area (Å²) in [6, 6.07) is 0.0681. The summed E-state index contributed by atoms with van der Waals surface area (Å²) in [5.74, 6) is 0.606. The topological polar surface area (TPSA) is 57.6 Å². The predicted molar refractivity (Wildman–Crippen MR) is 77.4 cm³/mol. The minimum atomic E-state index is -3.41. The maximum Gasteiger partial charge on any atom is 0.219 e. The molecule has 1 aliphatic rings. The Morgan fingerprint density at radius 2 is 1.78 bits per heavy atom. The second-order valence-electron chi connectivity index (χ2n) is 6.23. The van der Waals surface area contributed by atoms with Crippen LogP contribution < -0.4 is 0 Å². The van der Waals surface area contributed by atoms with Crippen LogP contribution in [0.25, 0.3) is 0 Å². The molecule has 0 aromatic carbocycles. The Bertz CT molecular complexity index is 385. The van der Waals surface area contributed by atoms with Gasteiger partial charge < -0.3 is 5.11 Å². The molecule has 1 saturated carbocycles. The maximum atomic E-state index is 12.7. The van der Waals surface area contributed by atoms with Gasteiger partial charge in [0, 0.05) is 11.8 Å². The number of thioether (sulfide) groups is 1. The van der Waals surface area contributed by atoms with E-state index in [9.17, 15) is 13.5 Å². The van der Waals surface area contributed by atoms with Gasteiger partial charge in [-0.3, -0.25) is 0 Å². The molecule has 0 amide bonds. The van der Waals surface area contributed by atoms with Gasteiger partial charge in [-0.2, -0.15) is 16.1 Å². The fraction of sp³-hybridized carbons (Fsp3) is 1.00. The summed E-state index contributed by atoms with van der Waals surface area (Å²) in [6.07, 6.45) is 3.74. The van der Waals surface area contributed by atoms with E-state index in [1.807, 2.05) is 13.2 Å². The van der Waals surface area contributed by atoms with Crippen LogP contribution in [0.1, 0.15) is 40.5 Å². The van der Waals surface area contributed by atoms with Gasteiger partial charge in [-0.1, -0.05) is 0 Å². The van der Waals surface area contributed by atoms with Gasteiger partial charge >= 0.3 is 0 Å². The molecular formula is C12H25NO3S2. The Kier molecular flexibility index (Phi) is 4.80. The molecule has 0 heterocycles. The standard InChI is InChI=1S/C12H25NO3S2/c1-11(2,3)18(15,16)13(10-6-7-10)12(4,8-14)9-17-5/h10,14H,6-9H2,1-5H3. The van der Waals surface area contributed by atoms with E-state index in [0.29, 0.717) is 5.75 Å². The van der Waals surface area contributed by atoms with Gasteiger partial charge in [-0.25, -0.2) is 8.42 Å². The van der Waals surface area contributed by atoms with E-state index in [2.05, 4.69) is 0 Å². The number of aliphatic hydroxyl groups excluding tert-OH is 1. The van der Waals surface area contributed by atoms with Crippen LogP contribution in [0.15, 0.2) is 0 Å². The van der Waals surface area contributed by atoms with Crippen molar-refractivity contribution in [2.24, 2.45) is 0 Å². The molecule has 6 heteroatoms. The Morgan fingerprint density at radius 3 is 2.06 bits per heavy atom. The third-order valence-electron chi connectivity index (χ3n) is 3.24. The highest BCUT2D eigenvalue weighted by molar-refractivity contribution is 7.98. The average molecular weight is 295 g/mol. The quantitative estimate of drug-likeness (QED) is 0.810. The van der Waals surface area contributed by atoms with Crippen molar-refractivity contribution >= 4 is 21.8 Å². The van der Waals surface area contributed by atoms with Crippen LogP contribution in [-0.4, -0.2) is 52.8 Å². The lowest BCUT2D eigenvalue weighted by atomic mass is 10.1. The van der Waals surface area contributed by atoms with Gasteiger partial charge in [0.25, 0.3) is 0 Å². The van der Waals surface area contributed by atoms with E-state index in [0.717, 1.165) is 12.8 Å². The Balaban J connectivity index is 3.18. The molecule has 0 radical (unpaired) electrons. The molecule has 0 spiro atoms. The molecule has 108 valence electrons. The van der Waals surface area contributed by atoms with Crippen molar-refractivity contribution in [2.75, 3.05) is 18.6 Å². The molecule has 0 saturated heterocycles. The Hall–Kier alpha value is 0.220. The van der Waals surface area contributed by atoms with Gasteiger partial charge in [0.1, 0.15) is 0 Å². The van der Waals surface area contributed by atoms with E-state index in [1.54, 1.807) is 36.8 Å². The van der Waals surface area contributed by atoms with E-state index in [-0.39, 0.29) is 12.6 Å². The van der Waals surface area contributed by atoms with E-state index < -0.39 is 20.3 Å². The molecule has 1 rings (SSSR count). The Labute approximate surface area is 115 Å². The molecule has 1 unspecified atom stereocenters. The molecule has 18 heavy (non-hydrogen) atoms. The van der Waals surface area contributed by atoms with Crippen LogP contribution in [0.2, 0.25) is 0 Å². The number of hydrogen-bond donors (Lipinski definition) is 1. The third-order valence-corrected chi connectivity index (χ3v) is 6.95. The van der Waals surface area contributed by atoms with Gasteiger partial charge in [-0.15, -0.1) is 0 Å². The van der Waals surface area contributed by atoms with Gasteiger partial charge in [-0.05, 0) is 46.8 Å². The minimum Gasteiger partial charge on any atom is -0.394 e. The third kappa shape index (κ3) is 3.03. The number of rotatable bonds is 6. The van der Waals surface area contributed by atoms with Crippen molar-refractivity contribution in [3.05, 3.63) is 0 Å². The van der Waals surface area contributed by atoms with Crippen molar-refractivity contribution in [2.45, 2.75) is 56.9 Å². The maximum absolute atomic E-state index is 12.7. The fourth-order valence-electron chi connectivity index (χ4n) is 2.02. The average Bonchev–Trinajstić information content (AvgIpc) is 3.00. The van der Waals surface area contributed by atoms with Crippen LogP contribution in [0.4, 0.5) is 0 Å². The second kappa shape index (κ2) is 5.31. The molecule has 0 aromatic heterocycles. The summed E-state index contributed by atoms with van der Waals surface area (Å²) in [4.78, 5) is 0. The first-order valence-corrected chi connectivity index (χ1v) is 9.07. The van der Waals surface area contributed by atoms with Crippen molar-refractivity contribution in [1.82, 2.24) is 4.31 Å². The van der Waals surface area contributed by atoms with E-state index in [4.69, 9.17) is 0 Å². The van der Waals surface area contributed by atoms with E-state index >= 15 is 0 Å². The van der Waals surface area contributed by atoms with Crippen molar-refractivity contribution in [3.63, 3.8) is 0 Å². The molecule has 1 N–H and O–H groups in total. The van der Waals surface area contributed by atoms with Crippen molar-refractivity contribution < 1.29 is 13.5 Å². The fourth-order valence-corrected chi connectivity index (χ4v) is 4.85. The van der Waals surface area contributed by atoms with Crippen LogP contribution in [0.5, 0.6) is 0 Å². The highest BCUT2D eigenvalue weighted by Gasteiger charge is 2.51. The SMILES string of the molecule is CSCC(C)(CO)N(C1CC1)S(=O)(=O)C(C)(C)C. The number of hydrogen-bond acceptors (Lipinski definition) is 4. The lowest BCUT2D eigenvalue weighted by Crippen LogP contribution is -2.59. The largest absolute Gasteiger partial charge is 0.394 e. The molecule has 1 aliphatic carbocycles. The normalized spacial score (nSPS) is 21.1. The van der Waals surface area contributed by atoms with Crippen LogP contribution in [-0.2, 0) is 10.0 Å². The first kappa shape index (κ1) is 16.3. The Morgan fingerprint density at radius 1 is 1.28 bits per heavy atom. The molecular weight excluding hydrogens is 270 g/mol. The van der Waals surface area contributed by atoms with Crippen molar-refractivity contribution in [3.8, 4) is 0 Å². The molecule has 0 aromatic rings. The lowest BCUT2D eigenvalue weighted by Gasteiger charge is -2.42. The summed E-state index contributed by atoms with van der Waals surface area (Å²) in [6.45, 7) is 6.85. The summed E-state index contributed by atoms with van der Waals surface area (Å²) in [5, 5.41) is 9.67. The first-order chi connectivity index (χ1) is 8.10. The highest BCUT2D eigenvalue weighted by Crippen LogP contribution is 2.40. The number of nitrogens with zero attached hydrogens (tertiary/aromatic N) is 1. The molecule has 1 fully saturated rings. The highest BCUT2D eigenvalue weighted by atomic mass is 32.2. The molecule has 0 aliphatic heterocycles. The lowest BCUT2D eigenvalue weighted by molar-refractivity contribution is 0.118. The van der Waals surface area contributed by atoms with Gasteiger partial charge in [0.05, 0.1) is 16.9 Å². The van der Waals surface area contributed by atoms with Crippen LogP contribution >= 0.6 is 11.8 Å². The first-order valence-electron chi connectivity index (χ1n) is 6.24. The smallest absolute Gasteiger partial charge is 0.219 e. The summed E-state index contributed by atoms with van der Waals surface area (Å²) >= 11 is 1.57. The predicted octanol–water partition coefficient (Wildman–Crippen LogP) is 1.69. The van der Waals surface area contributed by atoms with E-state index in [1.165, 1.54) is 0 Å². The summed E-state index contributed by atoms with van der Waals surface area (Å²) < 4.78 is 26.2. The van der Waals surface area contributed by atoms with Crippen LogP contribution in [0, 0.1) is 0 Å². The minimum absolute atomic E-state index is 0.0681. The second-order valence-corrected chi connectivity index (χ2v) is 9.67. The van der Waals surface area contributed by atoms with Gasteiger partial charge in [0.2, 0.25) is 10.0 Å². The molecule has 4 nitrogen and oxygen atoms in total. The summed E-state index contributed by atoms with van der Waals surface area (Å²) in [7, 11) is -3.41. The van der Waals surface area contributed by atoms with Crippen molar-refractivity contribution in [1.29, 1.82) is 0 Å². The zero-order valence-corrected chi connectivity index (χ0v) is 13.6. The number of sulfonamides is 1. The van der Waals surface area contributed by atoms with Gasteiger partial charge in [0.15, 0.2) is 0 Å². The molecule has 1 atom stereocenters. The molecule has 0 bridgehead atoms.